The maximum atomic E-state index is 12.4. The number of nitrogens with zero attached hydrogens (tertiary/aromatic N) is 6. The molecule has 148 valence electrons. The molecule has 3 aromatic heterocycles. The number of hydrogen-bond donors (Lipinski definition) is 0. The van der Waals surface area contributed by atoms with Gasteiger partial charge in [-0.1, -0.05) is 5.16 Å². The van der Waals surface area contributed by atoms with Crippen LogP contribution in [-0.4, -0.2) is 48.8 Å². The van der Waals surface area contributed by atoms with Gasteiger partial charge >= 0.3 is 0 Å². The fourth-order valence-electron chi connectivity index (χ4n) is 3.01. The van der Waals surface area contributed by atoms with Gasteiger partial charge in [0.2, 0.25) is 12.2 Å². The largest absolute Gasteiger partial charge is 0.342 e. The summed E-state index contributed by atoms with van der Waals surface area (Å²) in [4.78, 5) is 21.7. The number of carbonyl (C=O) groups is 1. The van der Waals surface area contributed by atoms with E-state index in [1.807, 2.05) is 24.8 Å². The highest BCUT2D eigenvalue weighted by Gasteiger charge is 2.21. The van der Waals surface area contributed by atoms with Crippen LogP contribution in [0.4, 0.5) is 4.39 Å². The normalized spacial score (nSPS) is 13.8. The van der Waals surface area contributed by atoms with Gasteiger partial charge in [0.05, 0.1) is 11.9 Å². The van der Waals surface area contributed by atoms with Gasteiger partial charge in [0.1, 0.15) is 17.2 Å². The van der Waals surface area contributed by atoms with E-state index in [1.54, 1.807) is 4.68 Å². The zero-order valence-corrected chi connectivity index (χ0v) is 16.0. The molecule has 0 aliphatic carbocycles. The quantitative estimate of drug-likeness (QED) is 0.687. The Morgan fingerprint density at radius 2 is 2.00 bits per heavy atom. The van der Waals surface area contributed by atoms with E-state index >= 15 is 0 Å². The minimum atomic E-state index is -0.387. The van der Waals surface area contributed by atoms with Crippen molar-refractivity contribution in [3.63, 3.8) is 0 Å². The van der Waals surface area contributed by atoms with E-state index in [2.05, 4.69) is 24.7 Å². The summed E-state index contributed by atoms with van der Waals surface area (Å²) < 4.78 is 18.7. The molecule has 0 N–H and O–H groups in total. The fourth-order valence-corrected chi connectivity index (χ4v) is 3.01. The molecule has 1 fully saturated rings. The SMILES string of the molecule is CCn1nc(C)cc1C(=O)N1CCCCC1.Fc1ccc(-c2ncon2)nc1. The monoisotopic (exact) mass is 386 g/mol. The second-order valence-corrected chi connectivity index (χ2v) is 6.46. The lowest BCUT2D eigenvalue weighted by Gasteiger charge is -2.26. The lowest BCUT2D eigenvalue weighted by molar-refractivity contribution is 0.0711. The first-order valence-corrected chi connectivity index (χ1v) is 9.30. The lowest BCUT2D eigenvalue weighted by Crippen LogP contribution is -2.36. The van der Waals surface area contributed by atoms with Crippen molar-refractivity contribution in [2.75, 3.05) is 13.1 Å². The lowest BCUT2D eigenvalue weighted by atomic mass is 10.1. The summed E-state index contributed by atoms with van der Waals surface area (Å²) in [5.41, 5.74) is 2.15. The van der Waals surface area contributed by atoms with Crippen LogP contribution in [0.15, 0.2) is 35.3 Å². The summed E-state index contributed by atoms with van der Waals surface area (Å²) in [7, 11) is 0. The van der Waals surface area contributed by atoms with Crippen molar-refractivity contribution in [3.05, 3.63) is 48.0 Å². The molecule has 1 aliphatic heterocycles. The predicted octanol–water partition coefficient (Wildman–Crippen LogP) is 3.11. The van der Waals surface area contributed by atoms with E-state index in [0.29, 0.717) is 11.5 Å². The Morgan fingerprint density at radius 3 is 2.61 bits per heavy atom. The zero-order valence-electron chi connectivity index (χ0n) is 16.0. The van der Waals surface area contributed by atoms with Gasteiger partial charge in [-0.05, 0) is 51.3 Å². The van der Waals surface area contributed by atoms with Crippen LogP contribution in [0.3, 0.4) is 0 Å². The molecule has 0 unspecified atom stereocenters. The summed E-state index contributed by atoms with van der Waals surface area (Å²) in [6, 6.07) is 4.67. The standard InChI is InChI=1S/C12H19N3O.C7H4FN3O/c1-3-15-11(9-10(2)13-15)12(16)14-7-5-4-6-8-14;8-5-1-2-6(9-3-5)7-10-4-12-11-7/h9H,3-8H2,1-2H3;1-4H. The maximum absolute atomic E-state index is 12.4. The van der Waals surface area contributed by atoms with Crippen LogP contribution < -0.4 is 0 Å². The predicted molar refractivity (Wildman–Crippen MR) is 99.9 cm³/mol. The van der Waals surface area contributed by atoms with Gasteiger partial charge in [-0.2, -0.15) is 10.1 Å². The van der Waals surface area contributed by atoms with Gasteiger partial charge in [-0.15, -0.1) is 0 Å². The van der Waals surface area contributed by atoms with Gasteiger partial charge in [0.15, 0.2) is 0 Å². The van der Waals surface area contributed by atoms with Gasteiger partial charge < -0.3 is 9.42 Å². The van der Waals surface area contributed by atoms with E-state index in [4.69, 9.17) is 0 Å². The molecule has 28 heavy (non-hydrogen) atoms. The van der Waals surface area contributed by atoms with Crippen LogP contribution >= 0.6 is 0 Å². The first-order valence-electron chi connectivity index (χ1n) is 9.30. The van der Waals surface area contributed by atoms with Gasteiger partial charge in [-0.3, -0.25) is 9.48 Å². The Morgan fingerprint density at radius 1 is 1.21 bits per heavy atom. The first-order chi connectivity index (χ1) is 13.6. The number of rotatable bonds is 3. The summed E-state index contributed by atoms with van der Waals surface area (Å²) in [5.74, 6) is 0.111. The van der Waals surface area contributed by atoms with Crippen LogP contribution in [0, 0.1) is 12.7 Å². The Labute approximate surface area is 162 Å². The van der Waals surface area contributed by atoms with Crippen LogP contribution in [0.2, 0.25) is 0 Å². The van der Waals surface area contributed by atoms with Crippen molar-refractivity contribution in [2.24, 2.45) is 0 Å². The number of aryl methyl sites for hydroxylation is 2. The Kier molecular flexibility index (Phi) is 6.46. The van der Waals surface area contributed by atoms with Gasteiger partial charge in [0.25, 0.3) is 5.91 Å². The van der Waals surface area contributed by atoms with Crippen molar-refractivity contribution >= 4 is 5.91 Å². The number of amides is 1. The molecule has 0 spiro atoms. The van der Waals surface area contributed by atoms with Crippen LogP contribution in [-0.2, 0) is 6.54 Å². The molecular weight excluding hydrogens is 363 g/mol. The summed E-state index contributed by atoms with van der Waals surface area (Å²) >= 11 is 0. The second kappa shape index (κ2) is 9.20. The molecule has 0 saturated carbocycles. The number of pyridine rings is 1. The van der Waals surface area contributed by atoms with Crippen LogP contribution in [0.5, 0.6) is 0 Å². The zero-order chi connectivity index (χ0) is 19.9. The average molecular weight is 386 g/mol. The van der Waals surface area contributed by atoms with E-state index in [0.717, 1.165) is 50.1 Å². The third-order valence-corrected chi connectivity index (χ3v) is 4.38. The smallest absolute Gasteiger partial charge is 0.272 e. The minimum absolute atomic E-state index is 0.141. The third-order valence-electron chi connectivity index (χ3n) is 4.38. The Hall–Kier alpha value is -3.10. The molecule has 3 aromatic rings. The Balaban J connectivity index is 0.000000167. The highest BCUT2D eigenvalue weighted by Crippen LogP contribution is 2.14. The number of likely N-dealkylation sites (tertiary alicyclic amines) is 1. The van der Waals surface area contributed by atoms with Crippen molar-refractivity contribution in [3.8, 4) is 11.5 Å². The van der Waals surface area contributed by atoms with Crippen molar-refractivity contribution in [2.45, 2.75) is 39.7 Å². The van der Waals surface area contributed by atoms with E-state index in [9.17, 15) is 9.18 Å². The highest BCUT2D eigenvalue weighted by molar-refractivity contribution is 5.92. The topological polar surface area (TPSA) is 89.9 Å². The van der Waals surface area contributed by atoms with Crippen LogP contribution in [0.1, 0.15) is 42.4 Å². The van der Waals surface area contributed by atoms with Gasteiger partial charge in [-0.25, -0.2) is 9.37 Å². The van der Waals surface area contributed by atoms with E-state index in [1.165, 1.54) is 24.9 Å². The fraction of sp³-hybridized carbons (Fsp3) is 0.421. The number of carbonyl (C=O) groups excluding carboxylic acids is 1. The molecule has 1 aliphatic rings. The number of halogens is 1. The van der Waals surface area contributed by atoms with E-state index in [-0.39, 0.29) is 11.7 Å². The Bertz CT molecular complexity index is 886. The summed E-state index contributed by atoms with van der Waals surface area (Å²) in [6.07, 6.45) is 5.80. The number of piperidine rings is 1. The van der Waals surface area contributed by atoms with Crippen molar-refractivity contribution in [1.82, 2.24) is 29.8 Å². The molecular formula is C19H23FN6O2. The first kappa shape index (κ1) is 19.7. The number of hydrogen-bond acceptors (Lipinski definition) is 6. The molecule has 0 radical (unpaired) electrons. The maximum Gasteiger partial charge on any atom is 0.272 e. The third kappa shape index (κ3) is 4.79. The molecule has 0 bridgehead atoms. The van der Waals surface area contributed by atoms with E-state index < -0.39 is 0 Å². The molecule has 4 heterocycles. The van der Waals surface area contributed by atoms with Crippen molar-refractivity contribution in [1.29, 1.82) is 0 Å². The number of aromatic nitrogens is 5. The highest BCUT2D eigenvalue weighted by atomic mass is 19.1. The van der Waals surface area contributed by atoms with Crippen LogP contribution in [0.25, 0.3) is 11.5 Å². The molecule has 1 amide bonds. The summed E-state index contributed by atoms with van der Waals surface area (Å²) in [6.45, 7) is 6.49. The van der Waals surface area contributed by atoms with Gasteiger partial charge in [0, 0.05) is 19.6 Å². The summed E-state index contributed by atoms with van der Waals surface area (Å²) in [5, 5.41) is 7.86. The minimum Gasteiger partial charge on any atom is -0.342 e. The second-order valence-electron chi connectivity index (χ2n) is 6.46. The molecule has 1 saturated heterocycles. The average Bonchev–Trinajstić information content (AvgIpc) is 3.39. The molecule has 0 aromatic carbocycles. The molecule has 8 nitrogen and oxygen atoms in total. The molecule has 4 rings (SSSR count). The molecule has 0 atom stereocenters. The molecule has 9 heteroatoms. The van der Waals surface area contributed by atoms with Crippen molar-refractivity contribution < 1.29 is 13.7 Å².